The quantitative estimate of drug-likeness (QED) is 0.381. The van der Waals surface area contributed by atoms with Gasteiger partial charge in [0.25, 0.3) is 15.9 Å². The molecule has 0 saturated heterocycles. The van der Waals surface area contributed by atoms with Crippen molar-refractivity contribution in [2.45, 2.75) is 11.8 Å². The third-order valence-corrected chi connectivity index (χ3v) is 7.35. The van der Waals surface area contributed by atoms with Gasteiger partial charge in [-0.2, -0.15) is 0 Å². The Morgan fingerprint density at radius 2 is 1.70 bits per heavy atom. The smallest absolute Gasteiger partial charge is 0.267 e. The van der Waals surface area contributed by atoms with Crippen molar-refractivity contribution < 1.29 is 17.9 Å². The van der Waals surface area contributed by atoms with E-state index in [1.807, 2.05) is 30.3 Å². The van der Waals surface area contributed by atoms with Crippen molar-refractivity contribution in [1.82, 2.24) is 4.98 Å². The van der Waals surface area contributed by atoms with Crippen LogP contribution in [0.1, 0.15) is 15.4 Å². The summed E-state index contributed by atoms with van der Waals surface area (Å²) in [5.41, 5.74) is 2.22. The predicted octanol–water partition coefficient (Wildman–Crippen LogP) is 5.18. The largest absolute Gasteiger partial charge is 0.495 e. The second-order valence-corrected chi connectivity index (χ2v) is 9.77. The zero-order chi connectivity index (χ0) is 23.4. The molecule has 0 fully saturated rings. The number of para-hydroxylation sites is 2. The van der Waals surface area contributed by atoms with Gasteiger partial charge in [0.2, 0.25) is 0 Å². The Hall–Kier alpha value is -3.69. The van der Waals surface area contributed by atoms with Crippen LogP contribution >= 0.6 is 11.3 Å². The van der Waals surface area contributed by atoms with Gasteiger partial charge < -0.3 is 10.1 Å². The fourth-order valence-electron chi connectivity index (χ4n) is 3.17. The monoisotopic (exact) mass is 479 g/mol. The van der Waals surface area contributed by atoms with Gasteiger partial charge in [0, 0.05) is 11.3 Å². The molecule has 168 valence electrons. The number of anilines is 2. The molecule has 0 aliphatic carbocycles. The molecule has 0 atom stereocenters. The molecule has 1 amide bonds. The number of hydrogen-bond acceptors (Lipinski definition) is 6. The number of thiazole rings is 1. The summed E-state index contributed by atoms with van der Waals surface area (Å²) in [5, 5.41) is 3.52. The van der Waals surface area contributed by atoms with Crippen LogP contribution in [-0.4, -0.2) is 26.4 Å². The zero-order valence-electron chi connectivity index (χ0n) is 17.9. The molecule has 2 N–H and O–H groups in total. The molecule has 1 aromatic heterocycles. The van der Waals surface area contributed by atoms with Gasteiger partial charge in [-0.1, -0.05) is 48.5 Å². The molecule has 3 aromatic carbocycles. The van der Waals surface area contributed by atoms with E-state index in [9.17, 15) is 13.2 Å². The fraction of sp³-hybridized carbons (Fsp3) is 0.0833. The molecule has 0 bridgehead atoms. The fourth-order valence-corrected chi connectivity index (χ4v) is 5.26. The van der Waals surface area contributed by atoms with Gasteiger partial charge in [-0.25, -0.2) is 13.4 Å². The number of aromatic nitrogens is 1. The third-order valence-electron chi connectivity index (χ3n) is 4.78. The van der Waals surface area contributed by atoms with Gasteiger partial charge in [0.05, 0.1) is 23.4 Å². The molecule has 4 rings (SSSR count). The van der Waals surface area contributed by atoms with E-state index in [0.29, 0.717) is 27.7 Å². The minimum Gasteiger partial charge on any atom is -0.495 e. The highest BCUT2D eigenvalue weighted by atomic mass is 32.2. The van der Waals surface area contributed by atoms with E-state index in [1.54, 1.807) is 43.3 Å². The standard InChI is InChI=1S/C24H21N3O4S2/c1-16-22(32-24(25-16)17-9-4-3-5-10-17)23(28)26-18-11-8-12-19(15-18)33(29,30)27-20-13-6-7-14-21(20)31-2/h3-15,27H,1-2H3,(H,26,28). The first kappa shape index (κ1) is 22.5. The van der Waals surface area contributed by atoms with Crippen molar-refractivity contribution in [3.05, 3.63) is 89.4 Å². The van der Waals surface area contributed by atoms with Gasteiger partial charge in [0.15, 0.2) is 0 Å². The average Bonchev–Trinajstić information content (AvgIpc) is 3.22. The molecule has 0 saturated carbocycles. The van der Waals surface area contributed by atoms with Crippen LogP contribution in [0, 0.1) is 6.92 Å². The second-order valence-electron chi connectivity index (χ2n) is 7.09. The number of nitrogens with one attached hydrogen (secondary N) is 2. The maximum Gasteiger partial charge on any atom is 0.267 e. The van der Waals surface area contributed by atoms with E-state index in [4.69, 9.17) is 4.74 Å². The van der Waals surface area contributed by atoms with Gasteiger partial charge in [-0.05, 0) is 37.3 Å². The van der Waals surface area contributed by atoms with Gasteiger partial charge in [0.1, 0.15) is 15.6 Å². The molecule has 0 spiro atoms. The number of carbonyl (C=O) groups excluding carboxylic acids is 1. The topological polar surface area (TPSA) is 97.4 Å². The van der Waals surface area contributed by atoms with Gasteiger partial charge in [-0.15, -0.1) is 11.3 Å². The number of nitrogens with zero attached hydrogens (tertiary/aromatic N) is 1. The summed E-state index contributed by atoms with van der Waals surface area (Å²) in [6.07, 6.45) is 0. The minimum absolute atomic E-state index is 0.0113. The Morgan fingerprint density at radius 1 is 0.970 bits per heavy atom. The molecule has 33 heavy (non-hydrogen) atoms. The predicted molar refractivity (Wildman–Crippen MR) is 130 cm³/mol. The van der Waals surface area contributed by atoms with Crippen molar-refractivity contribution in [3.8, 4) is 16.3 Å². The van der Waals surface area contributed by atoms with E-state index in [0.717, 1.165) is 10.6 Å². The first-order valence-electron chi connectivity index (χ1n) is 9.97. The van der Waals surface area contributed by atoms with Crippen LogP contribution in [0.2, 0.25) is 0 Å². The van der Waals surface area contributed by atoms with E-state index >= 15 is 0 Å². The Morgan fingerprint density at radius 3 is 2.45 bits per heavy atom. The lowest BCUT2D eigenvalue weighted by Crippen LogP contribution is -2.15. The number of aryl methyl sites for hydroxylation is 1. The van der Waals surface area contributed by atoms with E-state index in [1.165, 1.54) is 30.6 Å². The zero-order valence-corrected chi connectivity index (χ0v) is 19.5. The minimum atomic E-state index is -3.90. The maximum absolute atomic E-state index is 12.9. The average molecular weight is 480 g/mol. The Kier molecular flexibility index (Phi) is 6.43. The highest BCUT2D eigenvalue weighted by molar-refractivity contribution is 7.92. The maximum atomic E-state index is 12.9. The van der Waals surface area contributed by atoms with Crippen LogP contribution in [0.3, 0.4) is 0 Å². The Balaban J connectivity index is 1.55. The number of methoxy groups -OCH3 is 1. The number of sulfonamides is 1. The SMILES string of the molecule is COc1ccccc1NS(=O)(=O)c1cccc(NC(=O)c2sc(-c3ccccc3)nc2C)c1. The summed E-state index contributed by atoms with van der Waals surface area (Å²) >= 11 is 1.29. The Bertz CT molecular complexity index is 1400. The Labute approximate surface area is 196 Å². The highest BCUT2D eigenvalue weighted by Gasteiger charge is 2.19. The van der Waals surface area contributed by atoms with Crippen LogP contribution in [0.15, 0.2) is 83.8 Å². The lowest BCUT2D eigenvalue weighted by Gasteiger charge is -2.12. The third kappa shape index (κ3) is 5.05. The number of rotatable bonds is 7. The van der Waals surface area contributed by atoms with E-state index < -0.39 is 10.0 Å². The van der Waals surface area contributed by atoms with Gasteiger partial charge in [-0.3, -0.25) is 9.52 Å². The molecular formula is C24H21N3O4S2. The lowest BCUT2D eigenvalue weighted by molar-refractivity contribution is 0.102. The first-order chi connectivity index (χ1) is 15.9. The number of ether oxygens (including phenoxy) is 1. The van der Waals surface area contributed by atoms with Crippen molar-refractivity contribution in [2.75, 3.05) is 17.1 Å². The van der Waals surface area contributed by atoms with Crippen molar-refractivity contribution in [2.24, 2.45) is 0 Å². The molecule has 4 aromatic rings. The summed E-state index contributed by atoms with van der Waals surface area (Å²) in [7, 11) is -2.43. The van der Waals surface area contributed by atoms with E-state index in [-0.39, 0.29) is 10.8 Å². The molecule has 0 unspecified atom stereocenters. The number of benzene rings is 3. The molecule has 0 aliphatic rings. The van der Waals surface area contributed by atoms with Gasteiger partial charge >= 0.3 is 0 Å². The molecule has 1 heterocycles. The van der Waals surface area contributed by atoms with Crippen LogP contribution in [0.4, 0.5) is 11.4 Å². The summed E-state index contributed by atoms with van der Waals surface area (Å²) in [6.45, 7) is 1.77. The normalized spacial score (nSPS) is 11.1. The first-order valence-corrected chi connectivity index (χ1v) is 12.3. The van der Waals surface area contributed by atoms with Crippen LogP contribution in [0.5, 0.6) is 5.75 Å². The summed E-state index contributed by atoms with van der Waals surface area (Å²) < 4.78 is 33.5. The number of hydrogen-bond donors (Lipinski definition) is 2. The molecule has 9 heteroatoms. The highest BCUT2D eigenvalue weighted by Crippen LogP contribution is 2.29. The van der Waals surface area contributed by atoms with Crippen LogP contribution in [0.25, 0.3) is 10.6 Å². The summed E-state index contributed by atoms with van der Waals surface area (Å²) in [5.74, 6) is 0.0554. The molecule has 0 aliphatic heterocycles. The summed E-state index contributed by atoms with van der Waals surface area (Å²) in [4.78, 5) is 17.9. The number of amides is 1. The van der Waals surface area contributed by atoms with Crippen molar-refractivity contribution in [1.29, 1.82) is 0 Å². The molecular weight excluding hydrogens is 458 g/mol. The van der Waals surface area contributed by atoms with Crippen molar-refractivity contribution >= 4 is 38.6 Å². The van der Waals surface area contributed by atoms with Crippen LogP contribution in [-0.2, 0) is 10.0 Å². The van der Waals surface area contributed by atoms with E-state index in [2.05, 4.69) is 15.0 Å². The number of carbonyl (C=O) groups is 1. The molecule has 7 nitrogen and oxygen atoms in total. The van der Waals surface area contributed by atoms with Crippen molar-refractivity contribution in [3.63, 3.8) is 0 Å². The lowest BCUT2D eigenvalue weighted by atomic mass is 10.2. The molecule has 0 radical (unpaired) electrons. The summed E-state index contributed by atoms with van der Waals surface area (Å²) in [6, 6.07) is 22.4. The van der Waals surface area contributed by atoms with Crippen LogP contribution < -0.4 is 14.8 Å². The second kappa shape index (κ2) is 9.43.